The maximum atomic E-state index is 3.94. The van der Waals surface area contributed by atoms with Gasteiger partial charge in [-0.15, -0.1) is 0 Å². The van der Waals surface area contributed by atoms with Crippen LogP contribution < -0.4 is 0 Å². The monoisotopic (exact) mass is 132 g/mol. The summed E-state index contributed by atoms with van der Waals surface area (Å²) in [6.07, 6.45) is 6.29. The Hall–Kier alpha value is 0.220. The van der Waals surface area contributed by atoms with E-state index in [0.29, 0.717) is 10.5 Å². The second-order valence-electron chi connectivity index (χ2n) is 2.19. The third-order valence-corrected chi connectivity index (χ3v) is 2.08. The quantitative estimate of drug-likeness (QED) is 0.407. The van der Waals surface area contributed by atoms with E-state index in [0.717, 1.165) is 0 Å². The van der Waals surface area contributed by atoms with Gasteiger partial charge in [0.1, 0.15) is 0 Å². The van der Waals surface area contributed by atoms with Crippen LogP contribution in [0.25, 0.3) is 0 Å². The molecule has 0 aromatic carbocycles. The van der Waals surface area contributed by atoms with Crippen molar-refractivity contribution < 1.29 is 0 Å². The Labute approximate surface area is 55.2 Å². The van der Waals surface area contributed by atoms with Crippen molar-refractivity contribution in [2.75, 3.05) is 12.0 Å². The predicted molar refractivity (Wildman–Crippen MR) is 45.0 cm³/mol. The first kappa shape index (κ1) is 8.22. The number of unbranched alkanes of at least 4 members (excludes halogenated alkanes) is 2. The van der Waals surface area contributed by atoms with Crippen LogP contribution >= 0.6 is 10.5 Å². The molecule has 0 aliphatic carbocycles. The highest BCUT2D eigenvalue weighted by molar-refractivity contribution is 8.13. The predicted octanol–water partition coefficient (Wildman–Crippen LogP) is 2.51. The van der Waals surface area contributed by atoms with Crippen LogP contribution in [-0.2, 0) is 0 Å². The highest BCUT2D eigenvalue weighted by atomic mass is 32.2. The molecule has 0 aliphatic heterocycles. The summed E-state index contributed by atoms with van der Waals surface area (Å²) in [7, 11) is 0.433. The number of hydrogen-bond acceptors (Lipinski definition) is 0. The second-order valence-corrected chi connectivity index (χ2v) is 4.16. The number of hydrogen-bond donors (Lipinski definition) is 0. The third-order valence-electron chi connectivity index (χ3n) is 1.10. The molecule has 0 spiro atoms. The summed E-state index contributed by atoms with van der Waals surface area (Å²) in [5.74, 6) is 5.27. The fourth-order valence-corrected chi connectivity index (χ4v) is 1.30. The Bertz CT molecular complexity index is 66.8. The van der Waals surface area contributed by atoms with Crippen molar-refractivity contribution in [2.24, 2.45) is 0 Å². The fraction of sp³-hybridized carbons (Fsp3) is 0.857. The van der Waals surface area contributed by atoms with E-state index in [-0.39, 0.29) is 0 Å². The minimum Gasteiger partial charge on any atom is -0.196 e. The molecule has 0 N–H and O–H groups in total. The summed E-state index contributed by atoms with van der Waals surface area (Å²) in [6.45, 7) is 2.23. The number of rotatable bonds is 4. The van der Waals surface area contributed by atoms with Gasteiger partial charge in [-0.3, -0.25) is 0 Å². The average molecular weight is 132 g/mol. The molecule has 0 nitrogen and oxygen atoms in total. The molecule has 0 fully saturated rings. The van der Waals surface area contributed by atoms with Crippen LogP contribution in [0.15, 0.2) is 0 Å². The van der Waals surface area contributed by atoms with E-state index in [1.54, 1.807) is 0 Å². The summed E-state index contributed by atoms with van der Waals surface area (Å²) in [5, 5.41) is 0. The molecule has 0 radical (unpaired) electrons. The molecule has 0 saturated heterocycles. The average Bonchev–Trinajstić information content (AvgIpc) is 1.66. The first-order chi connectivity index (χ1) is 3.77. The maximum Gasteiger partial charge on any atom is -0.0125 e. The molecule has 0 rings (SSSR count). The third kappa shape index (κ3) is 6.22. The summed E-state index contributed by atoms with van der Waals surface area (Å²) < 4.78 is 0. The molecular weight excluding hydrogens is 116 g/mol. The molecule has 0 aliphatic rings. The summed E-state index contributed by atoms with van der Waals surface area (Å²) >= 11 is 0. The first-order valence-electron chi connectivity index (χ1n) is 3.19. The Kier molecular flexibility index (Phi) is 5.51. The SMILES string of the molecule is C=S(C)CCCCC. The van der Waals surface area contributed by atoms with E-state index in [2.05, 4.69) is 19.0 Å². The smallest absolute Gasteiger partial charge is 0.0125 e. The van der Waals surface area contributed by atoms with E-state index in [4.69, 9.17) is 0 Å². The lowest BCUT2D eigenvalue weighted by Crippen LogP contribution is -1.78. The molecule has 1 heteroatoms. The molecule has 0 aromatic rings. The lowest BCUT2D eigenvalue weighted by Gasteiger charge is -1.96. The van der Waals surface area contributed by atoms with E-state index < -0.39 is 0 Å². The molecule has 0 heterocycles. The summed E-state index contributed by atoms with van der Waals surface area (Å²) in [6, 6.07) is 0. The summed E-state index contributed by atoms with van der Waals surface area (Å²) in [5.41, 5.74) is 0. The van der Waals surface area contributed by atoms with Gasteiger partial charge in [0, 0.05) is 0 Å². The van der Waals surface area contributed by atoms with Crippen molar-refractivity contribution in [2.45, 2.75) is 26.2 Å². The molecule has 0 amide bonds. The molecule has 0 aromatic heterocycles. The Morgan fingerprint density at radius 1 is 1.38 bits per heavy atom. The standard InChI is InChI=1S/C7H16S/c1-4-5-6-7-8(2)3/h2,4-7H2,1,3H3. The van der Waals surface area contributed by atoms with Crippen LogP contribution in [0.2, 0.25) is 0 Å². The van der Waals surface area contributed by atoms with Gasteiger partial charge in [0.25, 0.3) is 0 Å². The van der Waals surface area contributed by atoms with Crippen LogP contribution in [0.4, 0.5) is 0 Å². The van der Waals surface area contributed by atoms with Gasteiger partial charge in [0.15, 0.2) is 0 Å². The Morgan fingerprint density at radius 3 is 2.38 bits per heavy atom. The molecule has 1 atom stereocenters. The first-order valence-corrected chi connectivity index (χ1v) is 5.16. The highest BCUT2D eigenvalue weighted by Crippen LogP contribution is 2.06. The Balaban J connectivity index is 2.82. The normalized spacial score (nSPS) is 13.8. The van der Waals surface area contributed by atoms with Gasteiger partial charge in [-0.25, -0.2) is 0 Å². The Morgan fingerprint density at radius 2 is 2.00 bits per heavy atom. The highest BCUT2D eigenvalue weighted by Gasteiger charge is 1.83. The maximum absolute atomic E-state index is 3.94. The lowest BCUT2D eigenvalue weighted by atomic mass is 10.3. The van der Waals surface area contributed by atoms with Crippen LogP contribution in [0.3, 0.4) is 0 Å². The van der Waals surface area contributed by atoms with Gasteiger partial charge < -0.3 is 0 Å². The van der Waals surface area contributed by atoms with Crippen LogP contribution in [0.1, 0.15) is 26.2 Å². The lowest BCUT2D eigenvalue weighted by molar-refractivity contribution is 0.779. The zero-order valence-corrected chi connectivity index (χ0v) is 6.76. The van der Waals surface area contributed by atoms with Crippen LogP contribution in [0.5, 0.6) is 0 Å². The van der Waals surface area contributed by atoms with Gasteiger partial charge in [-0.05, 0) is 18.4 Å². The van der Waals surface area contributed by atoms with E-state index in [1.807, 2.05) is 0 Å². The van der Waals surface area contributed by atoms with Crippen molar-refractivity contribution in [3.05, 3.63) is 0 Å². The molecule has 8 heavy (non-hydrogen) atoms. The van der Waals surface area contributed by atoms with Gasteiger partial charge in [0.05, 0.1) is 0 Å². The zero-order chi connectivity index (χ0) is 6.41. The van der Waals surface area contributed by atoms with E-state index >= 15 is 0 Å². The molecule has 50 valence electrons. The van der Waals surface area contributed by atoms with Crippen molar-refractivity contribution in [3.63, 3.8) is 0 Å². The van der Waals surface area contributed by atoms with Crippen molar-refractivity contribution in [1.29, 1.82) is 0 Å². The van der Waals surface area contributed by atoms with E-state index in [9.17, 15) is 0 Å². The van der Waals surface area contributed by atoms with Crippen LogP contribution in [0, 0.1) is 0 Å². The van der Waals surface area contributed by atoms with Gasteiger partial charge in [0.2, 0.25) is 0 Å². The van der Waals surface area contributed by atoms with Gasteiger partial charge in [-0.2, -0.15) is 10.5 Å². The van der Waals surface area contributed by atoms with Crippen molar-refractivity contribution >= 4 is 16.4 Å². The zero-order valence-electron chi connectivity index (χ0n) is 5.94. The summed E-state index contributed by atoms with van der Waals surface area (Å²) in [4.78, 5) is 0. The topological polar surface area (TPSA) is 0 Å². The molecule has 0 saturated carbocycles. The van der Waals surface area contributed by atoms with Gasteiger partial charge in [-0.1, -0.05) is 25.6 Å². The van der Waals surface area contributed by atoms with Gasteiger partial charge >= 0.3 is 0 Å². The largest absolute Gasteiger partial charge is 0.196 e. The minimum atomic E-state index is 0.433. The molecule has 1 unspecified atom stereocenters. The van der Waals surface area contributed by atoms with Crippen LogP contribution in [-0.4, -0.2) is 17.9 Å². The van der Waals surface area contributed by atoms with Crippen molar-refractivity contribution in [3.8, 4) is 0 Å². The van der Waals surface area contributed by atoms with E-state index in [1.165, 1.54) is 25.0 Å². The minimum absolute atomic E-state index is 0.433. The molecule has 0 bridgehead atoms. The van der Waals surface area contributed by atoms with Crippen molar-refractivity contribution in [1.82, 2.24) is 0 Å². The second kappa shape index (κ2) is 5.36. The molecular formula is C7H16S. The fourth-order valence-electron chi connectivity index (χ4n) is 0.598.